The van der Waals surface area contributed by atoms with E-state index in [0.717, 1.165) is 57.8 Å². The molecular formula is C29H56NO8P. The molecule has 0 fully saturated rings. The number of aliphatic hydroxyl groups excluding tert-OH is 1. The van der Waals surface area contributed by atoms with Gasteiger partial charge in [0, 0.05) is 19.4 Å². The topological polar surface area (TPSA) is 131 Å². The zero-order valence-electron chi connectivity index (χ0n) is 24.6. The third-order valence-corrected chi connectivity index (χ3v) is 7.16. The lowest BCUT2D eigenvalue weighted by molar-refractivity contribution is -0.147. The van der Waals surface area contributed by atoms with Crippen LogP contribution in [0.2, 0.25) is 0 Å². The largest absolute Gasteiger partial charge is 0.472 e. The summed E-state index contributed by atoms with van der Waals surface area (Å²) in [5, 5.41) is 12.5. The first kappa shape index (κ1) is 37.8. The summed E-state index contributed by atoms with van der Waals surface area (Å²) in [7, 11) is -4.39. The van der Waals surface area contributed by atoms with E-state index in [1.807, 2.05) is 0 Å². The van der Waals surface area contributed by atoms with Crippen LogP contribution in [0, 0.1) is 0 Å². The molecule has 0 rings (SSSR count). The highest BCUT2D eigenvalue weighted by molar-refractivity contribution is 7.47. The third kappa shape index (κ3) is 28.1. The van der Waals surface area contributed by atoms with Gasteiger partial charge in [0.1, 0.15) is 12.7 Å². The normalized spacial score (nSPS) is 13.8. The smallest absolute Gasteiger partial charge is 0.463 e. The maximum atomic E-state index is 11.9. The number of aliphatic hydroxyl groups is 1. The first-order valence-corrected chi connectivity index (χ1v) is 16.7. The molecule has 0 saturated heterocycles. The molecule has 2 atom stereocenters. The summed E-state index contributed by atoms with van der Waals surface area (Å²) in [6, 6.07) is 0. The molecule has 0 aromatic rings. The monoisotopic (exact) mass is 577 g/mol. The highest BCUT2D eigenvalue weighted by atomic mass is 31.2. The Hall–Kier alpha value is -1.25. The summed E-state index contributed by atoms with van der Waals surface area (Å²) >= 11 is 0. The van der Waals surface area contributed by atoms with Crippen LogP contribution in [-0.2, 0) is 27.9 Å². The Balaban J connectivity index is 3.69. The van der Waals surface area contributed by atoms with Gasteiger partial charge in [-0.25, -0.2) is 4.57 Å². The Morgan fingerprint density at radius 3 is 2.03 bits per heavy atom. The van der Waals surface area contributed by atoms with Gasteiger partial charge in [-0.2, -0.15) is 0 Å². The standard InChI is InChI=1S/C29H56NO8P/c1-3-5-7-9-11-13-14-15-17-19-21-28(32)30-23-24-37-39(34,35)38-26-27(31)25-36-29(33)22-20-18-16-12-10-8-6-4-2/h7,9,27,31H,3-6,8,10-26H2,1-2H3,(H,30,32)(H,34,35)/b9-7-. The number of esters is 1. The fraction of sp³-hybridized carbons (Fsp3) is 0.862. The fourth-order valence-corrected chi connectivity index (χ4v) is 4.61. The summed E-state index contributed by atoms with van der Waals surface area (Å²) < 4.78 is 26.5. The van der Waals surface area contributed by atoms with Crippen molar-refractivity contribution in [2.24, 2.45) is 0 Å². The Bertz CT molecular complexity index is 674. The van der Waals surface area contributed by atoms with Crippen LogP contribution in [-0.4, -0.2) is 54.3 Å². The van der Waals surface area contributed by atoms with Gasteiger partial charge < -0.3 is 20.1 Å². The summed E-state index contributed by atoms with van der Waals surface area (Å²) in [4.78, 5) is 33.4. The maximum absolute atomic E-state index is 11.9. The van der Waals surface area contributed by atoms with Crippen LogP contribution in [0.15, 0.2) is 12.2 Å². The second-order valence-electron chi connectivity index (χ2n) is 10.1. The van der Waals surface area contributed by atoms with E-state index in [2.05, 4.69) is 31.3 Å². The van der Waals surface area contributed by atoms with Gasteiger partial charge in [-0.15, -0.1) is 0 Å². The molecule has 1 amide bonds. The SMILES string of the molecule is CCC/C=C\CCCCCCCC(=O)NCCOP(=O)(O)OCC(O)COC(=O)CCCCCCCCCC. The molecule has 0 aromatic heterocycles. The molecule has 0 radical (unpaired) electrons. The minimum Gasteiger partial charge on any atom is -0.463 e. The third-order valence-electron chi connectivity index (χ3n) is 6.18. The predicted octanol–water partition coefficient (Wildman–Crippen LogP) is 6.76. The van der Waals surface area contributed by atoms with E-state index in [1.165, 1.54) is 44.9 Å². The van der Waals surface area contributed by atoms with Gasteiger partial charge in [-0.3, -0.25) is 18.6 Å². The molecule has 0 spiro atoms. The number of nitrogens with one attached hydrogen (secondary N) is 1. The minimum absolute atomic E-state index is 0.0791. The summed E-state index contributed by atoms with van der Waals surface area (Å²) in [6.45, 7) is 3.41. The lowest BCUT2D eigenvalue weighted by Gasteiger charge is -2.15. The van der Waals surface area contributed by atoms with Crippen molar-refractivity contribution < 1.29 is 37.9 Å². The molecule has 0 aliphatic rings. The van der Waals surface area contributed by atoms with E-state index in [0.29, 0.717) is 6.42 Å². The van der Waals surface area contributed by atoms with E-state index < -0.39 is 26.5 Å². The number of unbranched alkanes of at least 4 members (excludes halogenated alkanes) is 13. The zero-order chi connectivity index (χ0) is 29.0. The van der Waals surface area contributed by atoms with E-state index in [1.54, 1.807) is 0 Å². The van der Waals surface area contributed by atoms with Crippen molar-refractivity contribution >= 4 is 19.7 Å². The summed E-state index contributed by atoms with van der Waals surface area (Å²) in [5.41, 5.74) is 0. The number of carbonyl (C=O) groups is 2. The average Bonchev–Trinajstić information content (AvgIpc) is 2.91. The number of carbonyl (C=O) groups excluding carboxylic acids is 2. The Labute approximate surface area is 237 Å². The van der Waals surface area contributed by atoms with Gasteiger partial charge in [0.15, 0.2) is 0 Å². The molecule has 0 saturated carbocycles. The van der Waals surface area contributed by atoms with Gasteiger partial charge in [-0.1, -0.05) is 96.6 Å². The van der Waals surface area contributed by atoms with Gasteiger partial charge in [0.2, 0.25) is 5.91 Å². The maximum Gasteiger partial charge on any atom is 0.472 e. The van der Waals surface area contributed by atoms with Crippen molar-refractivity contribution in [3.05, 3.63) is 12.2 Å². The van der Waals surface area contributed by atoms with E-state index in [4.69, 9.17) is 13.8 Å². The van der Waals surface area contributed by atoms with Crippen LogP contribution in [0.4, 0.5) is 0 Å². The van der Waals surface area contributed by atoms with E-state index >= 15 is 0 Å². The molecule has 10 heteroatoms. The van der Waals surface area contributed by atoms with Crippen molar-refractivity contribution in [3.63, 3.8) is 0 Å². The van der Waals surface area contributed by atoms with Crippen LogP contribution < -0.4 is 5.32 Å². The molecule has 0 heterocycles. The highest BCUT2D eigenvalue weighted by Crippen LogP contribution is 2.42. The molecule has 0 aromatic carbocycles. The number of rotatable bonds is 28. The Morgan fingerprint density at radius 2 is 1.36 bits per heavy atom. The predicted molar refractivity (Wildman–Crippen MR) is 155 cm³/mol. The van der Waals surface area contributed by atoms with Crippen LogP contribution in [0.25, 0.3) is 0 Å². The van der Waals surface area contributed by atoms with Crippen molar-refractivity contribution in [1.29, 1.82) is 0 Å². The van der Waals surface area contributed by atoms with Crippen LogP contribution >= 0.6 is 7.82 Å². The second kappa shape index (κ2) is 26.9. The van der Waals surface area contributed by atoms with Crippen molar-refractivity contribution in [1.82, 2.24) is 5.32 Å². The first-order chi connectivity index (χ1) is 18.8. The quantitative estimate of drug-likeness (QED) is 0.0402. The molecule has 3 N–H and O–H groups in total. The molecular weight excluding hydrogens is 521 g/mol. The number of ether oxygens (including phenoxy) is 1. The molecule has 230 valence electrons. The van der Waals surface area contributed by atoms with Crippen LogP contribution in [0.5, 0.6) is 0 Å². The van der Waals surface area contributed by atoms with Gasteiger partial charge in [0.25, 0.3) is 0 Å². The van der Waals surface area contributed by atoms with Crippen molar-refractivity contribution in [2.45, 2.75) is 136 Å². The number of hydrogen-bond donors (Lipinski definition) is 3. The lowest BCUT2D eigenvalue weighted by atomic mass is 10.1. The Morgan fingerprint density at radius 1 is 0.769 bits per heavy atom. The number of hydrogen-bond acceptors (Lipinski definition) is 7. The lowest BCUT2D eigenvalue weighted by Crippen LogP contribution is -2.27. The van der Waals surface area contributed by atoms with Gasteiger partial charge in [-0.05, 0) is 32.1 Å². The highest BCUT2D eigenvalue weighted by Gasteiger charge is 2.23. The number of amides is 1. The zero-order valence-corrected chi connectivity index (χ0v) is 25.5. The molecule has 0 aliphatic carbocycles. The van der Waals surface area contributed by atoms with E-state index in [-0.39, 0.29) is 32.1 Å². The molecule has 0 bridgehead atoms. The minimum atomic E-state index is -4.39. The summed E-state index contributed by atoms with van der Waals surface area (Å²) in [6.07, 6.45) is 21.6. The van der Waals surface area contributed by atoms with Crippen molar-refractivity contribution in [2.75, 3.05) is 26.4 Å². The van der Waals surface area contributed by atoms with Crippen LogP contribution in [0.1, 0.15) is 129 Å². The average molecular weight is 578 g/mol. The number of phosphoric ester groups is 1. The van der Waals surface area contributed by atoms with E-state index in [9.17, 15) is 24.2 Å². The molecule has 39 heavy (non-hydrogen) atoms. The molecule has 0 aliphatic heterocycles. The van der Waals surface area contributed by atoms with Gasteiger partial charge >= 0.3 is 13.8 Å². The number of allylic oxidation sites excluding steroid dienone is 2. The fourth-order valence-electron chi connectivity index (χ4n) is 3.85. The van der Waals surface area contributed by atoms with Gasteiger partial charge in [0.05, 0.1) is 13.2 Å². The van der Waals surface area contributed by atoms with Crippen molar-refractivity contribution in [3.8, 4) is 0 Å². The molecule has 9 nitrogen and oxygen atoms in total. The molecule has 2 unspecified atom stereocenters. The van der Waals surface area contributed by atoms with Crippen LogP contribution in [0.3, 0.4) is 0 Å². The number of phosphoric acid groups is 1. The summed E-state index contributed by atoms with van der Waals surface area (Å²) in [5.74, 6) is -0.534. The first-order valence-electron chi connectivity index (χ1n) is 15.2. The Kier molecular flexibility index (Phi) is 26.1. The second-order valence-corrected chi connectivity index (χ2v) is 11.5.